The Balaban J connectivity index is 1.40. The fourth-order valence-corrected chi connectivity index (χ4v) is 6.09. The molecule has 270 valence electrons. The molecular formula is C37H45N7O7. The van der Waals surface area contributed by atoms with Crippen molar-refractivity contribution in [2.75, 3.05) is 19.0 Å². The molecule has 5 rings (SSSR count). The topological polar surface area (TPSA) is 177 Å². The van der Waals surface area contributed by atoms with Crippen molar-refractivity contribution in [1.82, 2.24) is 30.1 Å². The molecule has 4 N–H and O–H groups in total. The first-order valence-corrected chi connectivity index (χ1v) is 16.8. The van der Waals surface area contributed by atoms with Gasteiger partial charge in [-0.05, 0) is 64.7 Å². The van der Waals surface area contributed by atoms with Gasteiger partial charge in [-0.15, -0.1) is 0 Å². The van der Waals surface area contributed by atoms with Gasteiger partial charge in [-0.1, -0.05) is 48.5 Å². The molecule has 4 amide bonds. The lowest BCUT2D eigenvalue weighted by atomic mass is 10.0. The van der Waals surface area contributed by atoms with Gasteiger partial charge < -0.3 is 39.9 Å². The summed E-state index contributed by atoms with van der Waals surface area (Å²) in [5.41, 5.74) is 0.100. The lowest BCUT2D eigenvalue weighted by Crippen LogP contribution is -2.59. The SMILES string of the molecule is COC(=O)C1CCCN1C(=O)C(c1ccccc1)n1cnc(NC(=O)[C@@H](Cc2c[nH]c3ccccc23)NC(=O)C(C)(C)NC(=O)OC(C)(C)C)c1. The molecule has 0 radical (unpaired) electrons. The number of hydrogen-bond donors (Lipinski definition) is 4. The molecule has 0 bridgehead atoms. The molecule has 2 unspecified atom stereocenters. The number of esters is 1. The third-order valence-electron chi connectivity index (χ3n) is 8.61. The molecule has 4 aromatic rings. The highest BCUT2D eigenvalue weighted by Crippen LogP contribution is 2.28. The first kappa shape index (κ1) is 36.6. The number of methoxy groups -OCH3 is 1. The van der Waals surface area contributed by atoms with Gasteiger partial charge in [0.15, 0.2) is 5.82 Å². The zero-order valence-electron chi connectivity index (χ0n) is 29.7. The van der Waals surface area contributed by atoms with Gasteiger partial charge in [0.2, 0.25) is 11.8 Å². The molecule has 14 nitrogen and oxygen atoms in total. The van der Waals surface area contributed by atoms with Crippen molar-refractivity contribution in [3.05, 3.63) is 84.4 Å². The summed E-state index contributed by atoms with van der Waals surface area (Å²) in [7, 11) is 1.30. The van der Waals surface area contributed by atoms with Crippen LogP contribution in [-0.2, 0) is 35.1 Å². The first-order valence-electron chi connectivity index (χ1n) is 16.8. The molecule has 1 aliphatic heterocycles. The fourth-order valence-electron chi connectivity index (χ4n) is 6.09. The zero-order valence-corrected chi connectivity index (χ0v) is 29.7. The molecule has 1 aliphatic rings. The number of aromatic nitrogens is 3. The number of ether oxygens (including phenoxy) is 2. The number of benzene rings is 2. The van der Waals surface area contributed by atoms with Crippen LogP contribution >= 0.6 is 0 Å². The van der Waals surface area contributed by atoms with Gasteiger partial charge >= 0.3 is 12.1 Å². The summed E-state index contributed by atoms with van der Waals surface area (Å²) in [5.74, 6) is -1.82. The molecule has 1 saturated heterocycles. The summed E-state index contributed by atoms with van der Waals surface area (Å²) in [6.45, 7) is 8.57. The number of fused-ring (bicyclic) bond motifs is 1. The van der Waals surface area contributed by atoms with Crippen molar-refractivity contribution in [2.45, 2.75) is 83.1 Å². The Morgan fingerprint density at radius 2 is 1.71 bits per heavy atom. The summed E-state index contributed by atoms with van der Waals surface area (Å²) in [6, 6.07) is 14.0. The van der Waals surface area contributed by atoms with E-state index in [4.69, 9.17) is 9.47 Å². The van der Waals surface area contributed by atoms with E-state index in [0.717, 1.165) is 16.5 Å². The van der Waals surface area contributed by atoms with Crippen molar-refractivity contribution < 1.29 is 33.4 Å². The van der Waals surface area contributed by atoms with Gasteiger partial charge in [0.1, 0.15) is 29.3 Å². The molecule has 3 atom stereocenters. The molecule has 1 fully saturated rings. The normalized spacial score (nSPS) is 15.9. The Bertz CT molecular complexity index is 1890. The molecule has 0 spiro atoms. The number of amides is 4. The first-order chi connectivity index (χ1) is 24.2. The number of rotatable bonds is 11. The second kappa shape index (κ2) is 15.1. The highest BCUT2D eigenvalue weighted by Gasteiger charge is 2.39. The standard InChI is InChI=1S/C37H45N7O7/c1-36(2,3)51-35(49)42-37(4,5)34(48)40-27(19-24-20-38-26-16-11-10-15-25(24)26)31(45)41-29-21-43(22-39-29)30(23-13-8-7-9-14-23)32(46)44-18-12-17-28(44)33(47)50-6/h7-11,13-16,20-22,27-28,30,38H,12,17-19H2,1-6H3,(H,40,48)(H,41,45)(H,42,49)/t27-,28?,30?/m1/s1. The van der Waals surface area contributed by atoms with Crippen LogP contribution in [0.4, 0.5) is 10.6 Å². The number of para-hydroxylation sites is 1. The number of hydrogen-bond acceptors (Lipinski definition) is 8. The minimum Gasteiger partial charge on any atom is -0.467 e. The van der Waals surface area contributed by atoms with E-state index in [1.54, 1.807) is 31.5 Å². The Hall–Kier alpha value is -5.66. The largest absolute Gasteiger partial charge is 0.467 e. The van der Waals surface area contributed by atoms with E-state index in [1.165, 1.54) is 38.4 Å². The quantitative estimate of drug-likeness (QED) is 0.169. The second-order valence-corrected chi connectivity index (χ2v) is 14.1. The smallest absolute Gasteiger partial charge is 0.408 e. The van der Waals surface area contributed by atoms with E-state index in [2.05, 4.69) is 25.9 Å². The Morgan fingerprint density at radius 3 is 2.41 bits per heavy atom. The van der Waals surface area contributed by atoms with Crippen molar-refractivity contribution in [1.29, 1.82) is 0 Å². The number of nitrogens with zero attached hydrogens (tertiary/aromatic N) is 3. The number of carbonyl (C=O) groups excluding carboxylic acids is 5. The van der Waals surface area contributed by atoms with Crippen molar-refractivity contribution >= 4 is 46.5 Å². The van der Waals surface area contributed by atoms with Crippen LogP contribution in [0, 0.1) is 0 Å². The zero-order chi connectivity index (χ0) is 36.9. The number of alkyl carbamates (subject to hydrolysis) is 1. The highest BCUT2D eigenvalue weighted by atomic mass is 16.6. The van der Waals surface area contributed by atoms with Gasteiger partial charge in [-0.2, -0.15) is 0 Å². The minimum atomic E-state index is -1.44. The van der Waals surface area contributed by atoms with E-state index in [1.807, 2.05) is 54.6 Å². The number of anilines is 1. The van der Waals surface area contributed by atoms with Crippen LogP contribution in [0.3, 0.4) is 0 Å². The van der Waals surface area contributed by atoms with E-state index in [0.29, 0.717) is 24.9 Å². The van der Waals surface area contributed by atoms with Crippen molar-refractivity contribution in [3.63, 3.8) is 0 Å². The third-order valence-corrected chi connectivity index (χ3v) is 8.61. The summed E-state index contributed by atoms with van der Waals surface area (Å²) in [4.78, 5) is 75.8. The Labute approximate surface area is 296 Å². The summed E-state index contributed by atoms with van der Waals surface area (Å²) in [5, 5.41) is 9.07. The van der Waals surface area contributed by atoms with Crippen LogP contribution in [0.1, 0.15) is 64.6 Å². The monoisotopic (exact) mass is 699 g/mol. The maximum absolute atomic E-state index is 14.1. The summed E-state index contributed by atoms with van der Waals surface area (Å²) >= 11 is 0. The lowest BCUT2D eigenvalue weighted by molar-refractivity contribution is -0.151. The molecule has 2 aromatic heterocycles. The van der Waals surface area contributed by atoms with Crippen LogP contribution in [0.25, 0.3) is 10.9 Å². The molecule has 51 heavy (non-hydrogen) atoms. The lowest BCUT2D eigenvalue weighted by Gasteiger charge is -2.29. The molecular weight excluding hydrogens is 654 g/mol. The van der Waals surface area contributed by atoms with E-state index in [9.17, 15) is 24.0 Å². The van der Waals surface area contributed by atoms with Gasteiger partial charge in [-0.25, -0.2) is 14.6 Å². The maximum atomic E-state index is 14.1. The van der Waals surface area contributed by atoms with Gasteiger partial charge in [0.25, 0.3) is 5.91 Å². The van der Waals surface area contributed by atoms with Crippen LogP contribution in [-0.4, -0.2) is 86.1 Å². The summed E-state index contributed by atoms with van der Waals surface area (Å²) < 4.78 is 11.9. The van der Waals surface area contributed by atoms with Crippen LogP contribution in [0.2, 0.25) is 0 Å². The number of aromatic amines is 1. The molecule has 2 aromatic carbocycles. The number of imidazole rings is 1. The van der Waals surface area contributed by atoms with Crippen molar-refractivity contribution in [2.24, 2.45) is 0 Å². The van der Waals surface area contributed by atoms with Crippen LogP contribution in [0.15, 0.2) is 73.3 Å². The predicted molar refractivity (Wildman–Crippen MR) is 190 cm³/mol. The average Bonchev–Trinajstić information content (AvgIpc) is 3.84. The van der Waals surface area contributed by atoms with Crippen molar-refractivity contribution in [3.8, 4) is 0 Å². The minimum absolute atomic E-state index is 0.111. The van der Waals surface area contributed by atoms with E-state index < -0.39 is 53.1 Å². The summed E-state index contributed by atoms with van der Waals surface area (Å²) in [6.07, 6.45) is 5.25. The van der Waals surface area contributed by atoms with Crippen LogP contribution in [0.5, 0.6) is 0 Å². The van der Waals surface area contributed by atoms with E-state index in [-0.39, 0.29) is 18.1 Å². The highest BCUT2D eigenvalue weighted by molar-refractivity contribution is 5.99. The third kappa shape index (κ3) is 8.74. The fraction of sp³-hybridized carbons (Fsp3) is 0.405. The second-order valence-electron chi connectivity index (χ2n) is 14.1. The number of nitrogens with one attached hydrogen (secondary N) is 4. The molecule has 0 aliphatic carbocycles. The van der Waals surface area contributed by atoms with Crippen LogP contribution < -0.4 is 16.0 Å². The number of likely N-dealkylation sites (tertiary alicyclic amines) is 1. The van der Waals surface area contributed by atoms with Gasteiger partial charge in [0.05, 0.1) is 13.4 Å². The number of H-pyrrole nitrogens is 1. The maximum Gasteiger partial charge on any atom is 0.408 e. The van der Waals surface area contributed by atoms with Gasteiger partial charge in [-0.3, -0.25) is 14.4 Å². The number of carbonyl (C=O) groups is 5. The molecule has 3 heterocycles. The molecule has 0 saturated carbocycles. The van der Waals surface area contributed by atoms with E-state index >= 15 is 0 Å². The Morgan fingerprint density at radius 1 is 1.00 bits per heavy atom. The predicted octanol–water partition coefficient (Wildman–Crippen LogP) is 4.09. The molecule has 14 heteroatoms. The van der Waals surface area contributed by atoms with Gasteiger partial charge in [0, 0.05) is 36.3 Å². The Kier molecular flexibility index (Phi) is 10.8. The average molecular weight is 700 g/mol.